The lowest BCUT2D eigenvalue weighted by atomic mass is 10.3. The summed E-state index contributed by atoms with van der Waals surface area (Å²) in [5.74, 6) is 1.19. The van der Waals surface area contributed by atoms with E-state index in [1.165, 1.54) is 0 Å². The van der Waals surface area contributed by atoms with Crippen LogP contribution in [-0.2, 0) is 6.42 Å². The highest BCUT2D eigenvalue weighted by Crippen LogP contribution is 2.07. The molecule has 0 spiro atoms. The van der Waals surface area contributed by atoms with E-state index in [1.54, 1.807) is 0 Å². The van der Waals surface area contributed by atoms with Gasteiger partial charge in [0.05, 0.1) is 0 Å². The van der Waals surface area contributed by atoms with E-state index in [-0.39, 0.29) is 6.61 Å². The summed E-state index contributed by atoms with van der Waals surface area (Å²) < 4.78 is 4.98. The van der Waals surface area contributed by atoms with Crippen molar-refractivity contribution < 1.29 is 9.63 Å². The Kier molecular flexibility index (Phi) is 3.70. The van der Waals surface area contributed by atoms with Crippen molar-refractivity contribution in [3.63, 3.8) is 0 Å². The summed E-state index contributed by atoms with van der Waals surface area (Å²) >= 11 is 0. The van der Waals surface area contributed by atoms with Crippen LogP contribution in [0, 0.1) is 0 Å². The summed E-state index contributed by atoms with van der Waals surface area (Å²) in [6, 6.07) is 0. The van der Waals surface area contributed by atoms with E-state index >= 15 is 0 Å². The molecule has 0 aliphatic heterocycles. The molecule has 5 nitrogen and oxygen atoms in total. The van der Waals surface area contributed by atoms with Gasteiger partial charge in [-0.25, -0.2) is 0 Å². The average molecular weight is 185 g/mol. The predicted octanol–water partition coefficient (Wildman–Crippen LogP) is 0.451. The van der Waals surface area contributed by atoms with Crippen LogP contribution in [-0.4, -0.2) is 35.4 Å². The highest BCUT2D eigenvalue weighted by molar-refractivity contribution is 5.24. The molecule has 0 unspecified atom stereocenters. The first-order valence-corrected chi connectivity index (χ1v) is 4.42. The summed E-state index contributed by atoms with van der Waals surface area (Å²) in [4.78, 5) is 6.05. The SMILES string of the molecule is CCN(C)c1noc(CCCO)n1. The fraction of sp³-hybridized carbons (Fsp3) is 0.750. The number of aromatic nitrogens is 2. The van der Waals surface area contributed by atoms with Gasteiger partial charge in [-0.3, -0.25) is 0 Å². The maximum absolute atomic E-state index is 8.59. The summed E-state index contributed by atoms with van der Waals surface area (Å²) in [7, 11) is 1.90. The second kappa shape index (κ2) is 4.81. The van der Waals surface area contributed by atoms with Crippen molar-refractivity contribution in [3.8, 4) is 0 Å². The van der Waals surface area contributed by atoms with Gasteiger partial charge in [-0.1, -0.05) is 0 Å². The first-order valence-electron chi connectivity index (χ1n) is 4.42. The number of rotatable bonds is 5. The van der Waals surface area contributed by atoms with E-state index in [0.717, 1.165) is 6.54 Å². The van der Waals surface area contributed by atoms with E-state index in [9.17, 15) is 0 Å². The Balaban J connectivity index is 2.53. The molecule has 0 aliphatic rings. The van der Waals surface area contributed by atoms with Gasteiger partial charge in [0.2, 0.25) is 5.89 Å². The minimum absolute atomic E-state index is 0.154. The fourth-order valence-electron chi connectivity index (χ4n) is 0.874. The molecule has 0 amide bonds. The Morgan fingerprint density at radius 2 is 2.31 bits per heavy atom. The van der Waals surface area contributed by atoms with Crippen molar-refractivity contribution in [1.82, 2.24) is 10.1 Å². The van der Waals surface area contributed by atoms with Crippen LogP contribution in [0.1, 0.15) is 19.2 Å². The number of aliphatic hydroxyl groups excluding tert-OH is 1. The number of aliphatic hydroxyl groups is 1. The van der Waals surface area contributed by atoms with Crippen LogP contribution in [0.3, 0.4) is 0 Å². The van der Waals surface area contributed by atoms with Crippen LogP contribution in [0.5, 0.6) is 0 Å². The average Bonchev–Trinajstić information content (AvgIpc) is 2.62. The van der Waals surface area contributed by atoms with Crippen molar-refractivity contribution in [2.45, 2.75) is 19.8 Å². The fourth-order valence-corrected chi connectivity index (χ4v) is 0.874. The molecule has 5 heteroatoms. The molecule has 1 aromatic rings. The summed E-state index contributed by atoms with van der Waals surface area (Å²) in [5.41, 5.74) is 0. The van der Waals surface area contributed by atoms with Gasteiger partial charge in [0.25, 0.3) is 5.95 Å². The number of aryl methyl sites for hydroxylation is 1. The van der Waals surface area contributed by atoms with E-state index in [4.69, 9.17) is 9.63 Å². The standard InChI is InChI=1S/C8H15N3O2/c1-3-11(2)8-9-7(13-10-8)5-4-6-12/h12H,3-6H2,1-2H3. The Morgan fingerprint density at radius 3 is 2.92 bits per heavy atom. The van der Waals surface area contributed by atoms with Crippen molar-refractivity contribution in [3.05, 3.63) is 5.89 Å². The van der Waals surface area contributed by atoms with Crippen molar-refractivity contribution in [2.75, 3.05) is 25.1 Å². The van der Waals surface area contributed by atoms with Gasteiger partial charge in [-0.05, 0) is 18.5 Å². The summed E-state index contributed by atoms with van der Waals surface area (Å²) in [6.07, 6.45) is 1.30. The second-order valence-corrected chi connectivity index (χ2v) is 2.83. The van der Waals surface area contributed by atoms with Gasteiger partial charge in [-0.15, -0.1) is 0 Å². The van der Waals surface area contributed by atoms with Crippen molar-refractivity contribution >= 4 is 5.95 Å². The molecule has 0 bridgehead atoms. The first-order chi connectivity index (χ1) is 6.27. The first kappa shape index (κ1) is 9.98. The Bertz CT molecular complexity index is 249. The molecule has 13 heavy (non-hydrogen) atoms. The Hall–Kier alpha value is -1.10. The molecular weight excluding hydrogens is 170 g/mol. The zero-order chi connectivity index (χ0) is 9.68. The number of anilines is 1. The molecule has 0 aliphatic carbocycles. The molecule has 0 saturated carbocycles. The van der Waals surface area contributed by atoms with Gasteiger partial charge in [-0.2, -0.15) is 4.98 Å². The van der Waals surface area contributed by atoms with E-state index < -0.39 is 0 Å². The minimum atomic E-state index is 0.154. The molecule has 1 rings (SSSR count). The number of hydrogen-bond acceptors (Lipinski definition) is 5. The molecule has 0 fully saturated rings. The zero-order valence-corrected chi connectivity index (χ0v) is 8.03. The van der Waals surface area contributed by atoms with E-state index in [1.807, 2.05) is 18.9 Å². The van der Waals surface area contributed by atoms with Crippen LogP contribution in [0.25, 0.3) is 0 Å². The van der Waals surface area contributed by atoms with Crippen LogP contribution in [0.4, 0.5) is 5.95 Å². The van der Waals surface area contributed by atoms with Gasteiger partial charge in [0.15, 0.2) is 0 Å². The van der Waals surface area contributed by atoms with Crippen LogP contribution in [0.2, 0.25) is 0 Å². The second-order valence-electron chi connectivity index (χ2n) is 2.83. The van der Waals surface area contributed by atoms with Crippen LogP contribution < -0.4 is 4.90 Å². The topological polar surface area (TPSA) is 62.4 Å². The van der Waals surface area contributed by atoms with Crippen LogP contribution in [0.15, 0.2) is 4.52 Å². The lowest BCUT2D eigenvalue weighted by Gasteiger charge is -2.08. The van der Waals surface area contributed by atoms with Gasteiger partial charge < -0.3 is 14.5 Å². The highest BCUT2D eigenvalue weighted by Gasteiger charge is 2.07. The number of hydrogen-bond donors (Lipinski definition) is 1. The van der Waals surface area contributed by atoms with Gasteiger partial charge >= 0.3 is 0 Å². The predicted molar refractivity (Wildman–Crippen MR) is 48.6 cm³/mol. The maximum atomic E-state index is 8.59. The van der Waals surface area contributed by atoms with Crippen molar-refractivity contribution in [2.24, 2.45) is 0 Å². The molecule has 0 saturated heterocycles. The lowest BCUT2D eigenvalue weighted by molar-refractivity contribution is 0.278. The third kappa shape index (κ3) is 2.69. The summed E-state index contributed by atoms with van der Waals surface area (Å²) in [5, 5.41) is 12.4. The quantitative estimate of drug-likeness (QED) is 0.721. The molecule has 0 aromatic carbocycles. The molecule has 1 aromatic heterocycles. The van der Waals surface area contributed by atoms with Gasteiger partial charge in [0.1, 0.15) is 0 Å². The Labute approximate surface area is 77.4 Å². The Morgan fingerprint density at radius 1 is 1.54 bits per heavy atom. The molecule has 0 radical (unpaired) electrons. The molecule has 1 heterocycles. The summed E-state index contributed by atoms with van der Waals surface area (Å²) in [6.45, 7) is 3.02. The molecular formula is C8H15N3O2. The molecule has 0 atom stereocenters. The smallest absolute Gasteiger partial charge is 0.265 e. The normalized spacial score (nSPS) is 10.4. The maximum Gasteiger partial charge on any atom is 0.265 e. The minimum Gasteiger partial charge on any atom is -0.396 e. The van der Waals surface area contributed by atoms with Gasteiger partial charge in [0, 0.05) is 26.6 Å². The molecule has 74 valence electrons. The molecule has 1 N–H and O–H groups in total. The third-order valence-corrected chi connectivity index (χ3v) is 1.82. The lowest BCUT2D eigenvalue weighted by Crippen LogP contribution is -2.17. The van der Waals surface area contributed by atoms with E-state index in [0.29, 0.717) is 24.7 Å². The monoisotopic (exact) mass is 185 g/mol. The highest BCUT2D eigenvalue weighted by atomic mass is 16.5. The van der Waals surface area contributed by atoms with Crippen LogP contribution >= 0.6 is 0 Å². The zero-order valence-electron chi connectivity index (χ0n) is 8.03. The van der Waals surface area contributed by atoms with E-state index in [2.05, 4.69) is 10.1 Å². The van der Waals surface area contributed by atoms with Crippen molar-refractivity contribution in [1.29, 1.82) is 0 Å². The number of nitrogens with zero attached hydrogens (tertiary/aromatic N) is 3. The largest absolute Gasteiger partial charge is 0.396 e. The third-order valence-electron chi connectivity index (χ3n) is 1.82.